The third-order valence-electron chi connectivity index (χ3n) is 3.02. The first-order chi connectivity index (χ1) is 6.93. The SMILES string of the molecule is c1csc(C2CNCC(C3CC3)O2)c1. The van der Waals surface area contributed by atoms with Gasteiger partial charge in [-0.25, -0.2) is 0 Å². The lowest BCUT2D eigenvalue weighted by molar-refractivity contribution is -0.0476. The molecule has 1 N–H and O–H groups in total. The number of morpholine rings is 1. The van der Waals surface area contributed by atoms with Gasteiger partial charge in [-0.05, 0) is 30.2 Å². The molecule has 0 bridgehead atoms. The summed E-state index contributed by atoms with van der Waals surface area (Å²) in [5.74, 6) is 0.838. The maximum absolute atomic E-state index is 6.10. The molecule has 2 aliphatic rings. The van der Waals surface area contributed by atoms with E-state index in [1.807, 2.05) is 0 Å². The van der Waals surface area contributed by atoms with Crippen LogP contribution in [0.4, 0.5) is 0 Å². The van der Waals surface area contributed by atoms with Gasteiger partial charge in [-0.3, -0.25) is 0 Å². The third-order valence-corrected chi connectivity index (χ3v) is 3.99. The summed E-state index contributed by atoms with van der Waals surface area (Å²) in [5.41, 5.74) is 0. The van der Waals surface area contributed by atoms with Crippen LogP contribution in [-0.2, 0) is 4.74 Å². The molecule has 76 valence electrons. The van der Waals surface area contributed by atoms with Gasteiger partial charge in [0.15, 0.2) is 0 Å². The number of nitrogens with one attached hydrogen (secondary N) is 1. The van der Waals surface area contributed by atoms with Gasteiger partial charge in [0.05, 0.1) is 6.10 Å². The van der Waals surface area contributed by atoms with Crippen molar-refractivity contribution in [2.75, 3.05) is 13.1 Å². The van der Waals surface area contributed by atoms with Crippen LogP contribution >= 0.6 is 11.3 Å². The van der Waals surface area contributed by atoms with E-state index in [4.69, 9.17) is 4.74 Å². The van der Waals surface area contributed by atoms with Crippen molar-refractivity contribution in [2.45, 2.75) is 25.0 Å². The molecule has 2 unspecified atom stereocenters. The maximum Gasteiger partial charge on any atom is 0.104 e. The Morgan fingerprint density at radius 3 is 3.00 bits per heavy atom. The fourth-order valence-electron chi connectivity index (χ4n) is 2.05. The summed E-state index contributed by atoms with van der Waals surface area (Å²) in [6.07, 6.45) is 3.50. The molecular weight excluding hydrogens is 194 g/mol. The molecular formula is C11H15NOS. The molecule has 1 aromatic heterocycles. The fraction of sp³-hybridized carbons (Fsp3) is 0.636. The Morgan fingerprint density at radius 2 is 2.29 bits per heavy atom. The van der Waals surface area contributed by atoms with Gasteiger partial charge in [-0.1, -0.05) is 6.07 Å². The lowest BCUT2D eigenvalue weighted by atomic mass is 10.1. The third kappa shape index (κ3) is 1.72. The lowest BCUT2D eigenvalue weighted by Gasteiger charge is -2.30. The molecule has 3 rings (SSSR count). The highest BCUT2D eigenvalue weighted by Gasteiger charge is 2.36. The van der Waals surface area contributed by atoms with Crippen molar-refractivity contribution in [2.24, 2.45) is 5.92 Å². The highest BCUT2D eigenvalue weighted by Crippen LogP contribution is 2.38. The van der Waals surface area contributed by atoms with Crippen molar-refractivity contribution in [3.8, 4) is 0 Å². The zero-order valence-electron chi connectivity index (χ0n) is 8.11. The summed E-state index contributed by atoms with van der Waals surface area (Å²) in [5, 5.41) is 5.60. The zero-order chi connectivity index (χ0) is 9.38. The van der Waals surface area contributed by atoms with E-state index in [0.717, 1.165) is 19.0 Å². The molecule has 0 spiro atoms. The lowest BCUT2D eigenvalue weighted by Crippen LogP contribution is -2.41. The van der Waals surface area contributed by atoms with E-state index < -0.39 is 0 Å². The van der Waals surface area contributed by atoms with Crippen LogP contribution in [-0.4, -0.2) is 19.2 Å². The van der Waals surface area contributed by atoms with Gasteiger partial charge in [-0.2, -0.15) is 0 Å². The summed E-state index contributed by atoms with van der Waals surface area (Å²) in [6.45, 7) is 2.02. The first kappa shape index (κ1) is 8.89. The van der Waals surface area contributed by atoms with E-state index in [0.29, 0.717) is 12.2 Å². The highest BCUT2D eigenvalue weighted by atomic mass is 32.1. The number of ether oxygens (including phenoxy) is 1. The number of hydrogen-bond acceptors (Lipinski definition) is 3. The molecule has 1 aliphatic heterocycles. The Bertz CT molecular complexity index is 294. The monoisotopic (exact) mass is 209 g/mol. The van der Waals surface area contributed by atoms with E-state index in [1.54, 1.807) is 11.3 Å². The molecule has 3 heteroatoms. The van der Waals surface area contributed by atoms with Gasteiger partial charge < -0.3 is 10.1 Å². The predicted molar refractivity (Wildman–Crippen MR) is 57.5 cm³/mol. The summed E-state index contributed by atoms with van der Waals surface area (Å²) in [7, 11) is 0. The molecule has 1 saturated carbocycles. The van der Waals surface area contributed by atoms with E-state index in [9.17, 15) is 0 Å². The Kier molecular flexibility index (Phi) is 2.32. The molecule has 0 radical (unpaired) electrons. The number of thiophene rings is 1. The van der Waals surface area contributed by atoms with Crippen molar-refractivity contribution in [3.63, 3.8) is 0 Å². The summed E-state index contributed by atoms with van der Waals surface area (Å²) in [4.78, 5) is 1.36. The molecule has 14 heavy (non-hydrogen) atoms. The Labute approximate surface area is 88.3 Å². The van der Waals surface area contributed by atoms with Crippen molar-refractivity contribution < 1.29 is 4.74 Å². The number of rotatable bonds is 2. The quantitative estimate of drug-likeness (QED) is 0.806. The highest BCUT2D eigenvalue weighted by molar-refractivity contribution is 7.10. The maximum atomic E-state index is 6.10. The largest absolute Gasteiger partial charge is 0.367 e. The van der Waals surface area contributed by atoms with Crippen LogP contribution < -0.4 is 5.32 Å². The Hall–Kier alpha value is -0.380. The van der Waals surface area contributed by atoms with E-state index in [1.165, 1.54) is 17.7 Å². The van der Waals surface area contributed by atoms with Crippen LogP contribution in [0.15, 0.2) is 17.5 Å². The second-order valence-electron chi connectivity index (χ2n) is 4.17. The summed E-state index contributed by atoms with van der Waals surface area (Å²) < 4.78 is 6.10. The smallest absolute Gasteiger partial charge is 0.104 e. The van der Waals surface area contributed by atoms with Crippen LogP contribution in [0.2, 0.25) is 0 Å². The van der Waals surface area contributed by atoms with Crippen molar-refractivity contribution in [1.82, 2.24) is 5.32 Å². The zero-order valence-corrected chi connectivity index (χ0v) is 8.93. The van der Waals surface area contributed by atoms with Gasteiger partial charge in [0.2, 0.25) is 0 Å². The second kappa shape index (κ2) is 3.65. The van der Waals surface area contributed by atoms with Crippen LogP contribution in [0.5, 0.6) is 0 Å². The second-order valence-corrected chi connectivity index (χ2v) is 5.15. The minimum Gasteiger partial charge on any atom is -0.367 e. The predicted octanol–water partition coefficient (Wildman–Crippen LogP) is 2.19. The van der Waals surface area contributed by atoms with Gasteiger partial charge in [-0.15, -0.1) is 11.3 Å². The normalized spacial score (nSPS) is 33.1. The standard InChI is InChI=1S/C11H15NOS/c1-2-11(14-5-1)10-7-12-6-9(13-10)8-3-4-8/h1-2,5,8-10,12H,3-4,6-7H2. The van der Waals surface area contributed by atoms with Crippen LogP contribution in [0.25, 0.3) is 0 Å². The molecule has 2 fully saturated rings. The van der Waals surface area contributed by atoms with Gasteiger partial charge in [0, 0.05) is 18.0 Å². The van der Waals surface area contributed by atoms with E-state index in [2.05, 4.69) is 22.8 Å². The average Bonchev–Trinajstić information content (AvgIpc) is 2.94. The molecule has 2 atom stereocenters. The minimum absolute atomic E-state index is 0.300. The molecule has 0 aromatic carbocycles. The fourth-order valence-corrected chi connectivity index (χ4v) is 2.81. The van der Waals surface area contributed by atoms with E-state index in [-0.39, 0.29) is 0 Å². The van der Waals surface area contributed by atoms with Crippen molar-refractivity contribution >= 4 is 11.3 Å². The van der Waals surface area contributed by atoms with Crippen LogP contribution in [0.1, 0.15) is 23.8 Å². The number of hydrogen-bond donors (Lipinski definition) is 1. The molecule has 2 heterocycles. The van der Waals surface area contributed by atoms with Gasteiger partial charge >= 0.3 is 0 Å². The first-order valence-electron chi connectivity index (χ1n) is 5.33. The Morgan fingerprint density at radius 1 is 1.36 bits per heavy atom. The van der Waals surface area contributed by atoms with Crippen molar-refractivity contribution in [1.29, 1.82) is 0 Å². The first-order valence-corrected chi connectivity index (χ1v) is 6.21. The van der Waals surface area contributed by atoms with E-state index >= 15 is 0 Å². The average molecular weight is 209 g/mol. The molecule has 1 aromatic rings. The summed E-state index contributed by atoms with van der Waals surface area (Å²) >= 11 is 1.80. The minimum atomic E-state index is 0.300. The van der Waals surface area contributed by atoms with Crippen LogP contribution in [0.3, 0.4) is 0 Å². The molecule has 1 saturated heterocycles. The molecule has 1 aliphatic carbocycles. The topological polar surface area (TPSA) is 21.3 Å². The summed E-state index contributed by atoms with van der Waals surface area (Å²) in [6, 6.07) is 4.27. The molecule has 2 nitrogen and oxygen atoms in total. The van der Waals surface area contributed by atoms with Gasteiger partial charge in [0.25, 0.3) is 0 Å². The molecule has 0 amide bonds. The van der Waals surface area contributed by atoms with Crippen LogP contribution in [0, 0.1) is 5.92 Å². The Balaban J connectivity index is 1.69. The van der Waals surface area contributed by atoms with Crippen molar-refractivity contribution in [3.05, 3.63) is 22.4 Å². The van der Waals surface area contributed by atoms with Gasteiger partial charge in [0.1, 0.15) is 6.10 Å².